The highest BCUT2D eigenvalue weighted by Gasteiger charge is 2.14. The first-order valence-electron chi connectivity index (χ1n) is 8.71. The van der Waals surface area contributed by atoms with Crippen molar-refractivity contribution in [3.8, 4) is 5.75 Å². The number of fused-ring (bicyclic) bond motifs is 1. The zero-order valence-corrected chi connectivity index (χ0v) is 14.3. The molecule has 124 valence electrons. The lowest BCUT2D eigenvalue weighted by Crippen LogP contribution is -2.17. The molecule has 1 heterocycles. The van der Waals surface area contributed by atoms with Gasteiger partial charge in [0.2, 0.25) is 0 Å². The van der Waals surface area contributed by atoms with Crippen LogP contribution >= 0.6 is 0 Å². The van der Waals surface area contributed by atoms with Crippen molar-refractivity contribution in [2.24, 2.45) is 0 Å². The summed E-state index contributed by atoms with van der Waals surface area (Å²) in [6.07, 6.45) is 9.75. The lowest BCUT2D eigenvalue weighted by molar-refractivity contribution is 0.407. The van der Waals surface area contributed by atoms with Crippen LogP contribution in [0.4, 0.5) is 0 Å². The first kappa shape index (κ1) is 16.1. The number of hydrogen-bond acceptors (Lipinski definition) is 3. The number of aromatic nitrogens is 2. The van der Waals surface area contributed by atoms with Crippen molar-refractivity contribution in [2.75, 3.05) is 13.7 Å². The van der Waals surface area contributed by atoms with Crippen molar-refractivity contribution in [1.82, 2.24) is 14.9 Å². The van der Waals surface area contributed by atoms with Crippen LogP contribution in [0.2, 0.25) is 0 Å². The molecule has 2 aromatic rings. The van der Waals surface area contributed by atoms with Gasteiger partial charge in [-0.25, -0.2) is 4.98 Å². The van der Waals surface area contributed by atoms with Gasteiger partial charge in [-0.3, -0.25) is 0 Å². The van der Waals surface area contributed by atoms with Gasteiger partial charge >= 0.3 is 0 Å². The molecule has 3 rings (SSSR count). The van der Waals surface area contributed by atoms with Crippen molar-refractivity contribution < 1.29 is 4.74 Å². The molecule has 4 heteroatoms. The van der Waals surface area contributed by atoms with E-state index in [4.69, 9.17) is 4.74 Å². The Balaban J connectivity index is 1.49. The molecule has 0 spiro atoms. The molecule has 0 radical (unpaired) electrons. The van der Waals surface area contributed by atoms with Crippen molar-refractivity contribution >= 4 is 0 Å². The molecule has 1 aliphatic carbocycles. The van der Waals surface area contributed by atoms with Crippen molar-refractivity contribution in [3.05, 3.63) is 47.0 Å². The second-order valence-corrected chi connectivity index (χ2v) is 6.21. The van der Waals surface area contributed by atoms with Gasteiger partial charge in [-0.1, -0.05) is 13.0 Å². The zero-order chi connectivity index (χ0) is 16.1. The molecular weight excluding hydrogens is 286 g/mol. The second-order valence-electron chi connectivity index (χ2n) is 6.21. The molecule has 0 saturated heterocycles. The average Bonchev–Trinajstić information content (AvgIpc) is 3.21. The minimum atomic E-state index is 0.876. The summed E-state index contributed by atoms with van der Waals surface area (Å²) in [4.78, 5) is 4.36. The van der Waals surface area contributed by atoms with Crippen LogP contribution in [0.25, 0.3) is 0 Å². The minimum absolute atomic E-state index is 0.876. The molecule has 23 heavy (non-hydrogen) atoms. The summed E-state index contributed by atoms with van der Waals surface area (Å²) in [5.41, 5.74) is 4.26. The fourth-order valence-corrected chi connectivity index (χ4v) is 3.44. The highest BCUT2D eigenvalue weighted by atomic mass is 16.5. The third kappa shape index (κ3) is 3.75. The highest BCUT2D eigenvalue weighted by Crippen LogP contribution is 2.29. The molecule has 0 unspecified atom stereocenters. The van der Waals surface area contributed by atoms with E-state index < -0.39 is 0 Å². The number of imidazole rings is 1. The first-order valence-corrected chi connectivity index (χ1v) is 8.71. The molecule has 1 aliphatic rings. The number of hydrogen-bond donors (Lipinski definition) is 1. The Kier molecular flexibility index (Phi) is 5.34. The van der Waals surface area contributed by atoms with Crippen LogP contribution in [0.5, 0.6) is 5.75 Å². The van der Waals surface area contributed by atoms with Crippen molar-refractivity contribution in [1.29, 1.82) is 0 Å². The summed E-state index contributed by atoms with van der Waals surface area (Å²) in [6.45, 7) is 5.05. The van der Waals surface area contributed by atoms with Gasteiger partial charge in [-0.2, -0.15) is 0 Å². The summed E-state index contributed by atoms with van der Waals surface area (Å²) < 4.78 is 7.81. The monoisotopic (exact) mass is 313 g/mol. The summed E-state index contributed by atoms with van der Waals surface area (Å²) in [7, 11) is 1.77. The molecule has 0 amide bonds. The Morgan fingerprint density at radius 2 is 2.09 bits per heavy atom. The van der Waals surface area contributed by atoms with E-state index in [1.807, 2.05) is 6.20 Å². The van der Waals surface area contributed by atoms with Crippen LogP contribution in [-0.4, -0.2) is 23.2 Å². The van der Waals surface area contributed by atoms with Crippen LogP contribution in [0.15, 0.2) is 24.5 Å². The maximum atomic E-state index is 5.56. The number of nitrogens with one attached hydrogen (secondary N) is 1. The molecule has 0 fully saturated rings. The minimum Gasteiger partial charge on any atom is -0.496 e. The number of nitrogens with zero attached hydrogens (tertiary/aromatic N) is 2. The fraction of sp³-hybridized carbons (Fsp3) is 0.526. The van der Waals surface area contributed by atoms with E-state index in [-0.39, 0.29) is 0 Å². The Labute approximate surface area is 138 Å². The Morgan fingerprint density at radius 1 is 1.26 bits per heavy atom. The molecule has 0 bridgehead atoms. The van der Waals surface area contributed by atoms with Gasteiger partial charge in [0.15, 0.2) is 0 Å². The largest absolute Gasteiger partial charge is 0.496 e. The van der Waals surface area contributed by atoms with E-state index in [1.54, 1.807) is 7.11 Å². The molecule has 1 aromatic carbocycles. The normalized spacial score (nSPS) is 13.3. The Hall–Kier alpha value is -1.81. The lowest BCUT2D eigenvalue weighted by atomic mass is 10.0. The summed E-state index contributed by atoms with van der Waals surface area (Å²) in [6, 6.07) is 4.57. The van der Waals surface area contributed by atoms with E-state index in [1.165, 1.54) is 41.8 Å². The average molecular weight is 313 g/mol. The predicted molar refractivity (Wildman–Crippen MR) is 92.9 cm³/mol. The molecule has 0 atom stereocenters. The van der Waals surface area contributed by atoms with Gasteiger partial charge in [0.05, 0.1) is 7.11 Å². The van der Waals surface area contributed by atoms with E-state index in [2.05, 4.69) is 40.1 Å². The van der Waals surface area contributed by atoms with Gasteiger partial charge in [-0.15, -0.1) is 0 Å². The van der Waals surface area contributed by atoms with Gasteiger partial charge in [0, 0.05) is 37.5 Å². The molecule has 4 nitrogen and oxygen atoms in total. The van der Waals surface area contributed by atoms with E-state index >= 15 is 0 Å². The molecule has 0 saturated carbocycles. The maximum Gasteiger partial charge on any atom is 0.123 e. The van der Waals surface area contributed by atoms with Gasteiger partial charge < -0.3 is 14.6 Å². The van der Waals surface area contributed by atoms with Crippen LogP contribution in [-0.2, 0) is 32.4 Å². The van der Waals surface area contributed by atoms with Crippen LogP contribution in [0.3, 0.4) is 0 Å². The SMILES string of the molecule is CCc1nccn1CCCNCc1cc2c(cc1OC)CCC2. The van der Waals surface area contributed by atoms with Crippen LogP contribution in [0.1, 0.15) is 42.3 Å². The molecule has 0 aliphatic heterocycles. The zero-order valence-electron chi connectivity index (χ0n) is 14.3. The topological polar surface area (TPSA) is 39.1 Å². The molecule has 1 N–H and O–H groups in total. The summed E-state index contributed by atoms with van der Waals surface area (Å²) >= 11 is 0. The third-order valence-corrected chi connectivity index (χ3v) is 4.68. The number of benzene rings is 1. The number of rotatable bonds is 8. The van der Waals surface area contributed by atoms with E-state index in [0.29, 0.717) is 0 Å². The van der Waals surface area contributed by atoms with Crippen LogP contribution in [0, 0.1) is 0 Å². The first-order chi connectivity index (χ1) is 11.3. The van der Waals surface area contributed by atoms with E-state index in [9.17, 15) is 0 Å². The lowest BCUT2D eigenvalue weighted by Gasteiger charge is -2.13. The summed E-state index contributed by atoms with van der Waals surface area (Å²) in [5, 5.41) is 3.55. The van der Waals surface area contributed by atoms with Gasteiger partial charge in [0.25, 0.3) is 0 Å². The quantitative estimate of drug-likeness (QED) is 0.761. The predicted octanol–water partition coefficient (Wildman–Crippen LogP) is 3.12. The third-order valence-electron chi connectivity index (χ3n) is 4.68. The summed E-state index contributed by atoms with van der Waals surface area (Å²) in [5.74, 6) is 2.20. The van der Waals surface area contributed by atoms with E-state index in [0.717, 1.165) is 38.2 Å². The highest BCUT2D eigenvalue weighted by molar-refractivity contribution is 5.44. The van der Waals surface area contributed by atoms with Crippen LogP contribution < -0.4 is 10.1 Å². The standard InChI is InChI=1S/C19H27N3O/c1-3-19-21-9-11-22(19)10-5-8-20-14-17-12-15-6-4-7-16(15)13-18(17)23-2/h9,11-13,20H,3-8,10,14H2,1-2H3. The Morgan fingerprint density at radius 3 is 2.87 bits per heavy atom. The smallest absolute Gasteiger partial charge is 0.123 e. The number of aryl methyl sites for hydroxylation is 4. The Bertz CT molecular complexity index is 648. The van der Waals surface area contributed by atoms with Gasteiger partial charge in [0.1, 0.15) is 11.6 Å². The van der Waals surface area contributed by atoms with Crippen molar-refractivity contribution in [2.45, 2.75) is 52.1 Å². The van der Waals surface area contributed by atoms with Crippen molar-refractivity contribution in [3.63, 3.8) is 0 Å². The molecular formula is C19H27N3O. The molecule has 1 aromatic heterocycles. The fourth-order valence-electron chi connectivity index (χ4n) is 3.44. The number of methoxy groups -OCH3 is 1. The number of ether oxygens (including phenoxy) is 1. The van der Waals surface area contributed by atoms with Gasteiger partial charge in [-0.05, 0) is 49.4 Å². The maximum absolute atomic E-state index is 5.56. The second kappa shape index (κ2) is 7.64.